The topological polar surface area (TPSA) is 38.8 Å². The van der Waals surface area contributed by atoms with E-state index in [0.717, 1.165) is 35.5 Å². The maximum atomic E-state index is 12.8. The SMILES string of the molecule is COc1ccc(CN(C(=O)Cc2cccc(OC)c2)C2CC2)cc1. The number of hydrogen-bond acceptors (Lipinski definition) is 3. The minimum absolute atomic E-state index is 0.168. The molecule has 0 spiro atoms. The van der Waals surface area contributed by atoms with Crippen LogP contribution in [0.4, 0.5) is 0 Å². The number of benzene rings is 2. The first-order valence-corrected chi connectivity index (χ1v) is 8.25. The van der Waals surface area contributed by atoms with Gasteiger partial charge in [0.05, 0.1) is 20.6 Å². The standard InChI is InChI=1S/C20H23NO3/c1-23-18-10-6-15(7-11-18)14-21(17-8-9-17)20(22)13-16-4-3-5-19(12-16)24-2/h3-7,10-12,17H,8-9,13-14H2,1-2H3. The summed E-state index contributed by atoms with van der Waals surface area (Å²) in [5, 5.41) is 0. The van der Waals surface area contributed by atoms with Crippen molar-refractivity contribution in [2.45, 2.75) is 31.8 Å². The van der Waals surface area contributed by atoms with Gasteiger partial charge in [0.1, 0.15) is 11.5 Å². The van der Waals surface area contributed by atoms with Gasteiger partial charge in [0, 0.05) is 12.6 Å². The van der Waals surface area contributed by atoms with Crippen molar-refractivity contribution in [3.8, 4) is 11.5 Å². The molecule has 0 atom stereocenters. The number of methoxy groups -OCH3 is 2. The lowest BCUT2D eigenvalue weighted by Gasteiger charge is -2.23. The molecule has 0 heterocycles. The molecule has 3 rings (SSSR count). The van der Waals surface area contributed by atoms with E-state index in [1.54, 1.807) is 14.2 Å². The molecule has 0 N–H and O–H groups in total. The Morgan fingerprint density at radius 3 is 2.33 bits per heavy atom. The van der Waals surface area contributed by atoms with Crippen molar-refractivity contribution in [3.63, 3.8) is 0 Å². The zero-order valence-corrected chi connectivity index (χ0v) is 14.2. The molecule has 24 heavy (non-hydrogen) atoms. The van der Waals surface area contributed by atoms with E-state index in [0.29, 0.717) is 19.0 Å². The van der Waals surface area contributed by atoms with E-state index in [-0.39, 0.29) is 5.91 Å². The molecule has 0 bridgehead atoms. The van der Waals surface area contributed by atoms with E-state index in [1.165, 1.54) is 0 Å². The van der Waals surface area contributed by atoms with Gasteiger partial charge < -0.3 is 14.4 Å². The third kappa shape index (κ3) is 4.07. The lowest BCUT2D eigenvalue weighted by molar-refractivity contribution is -0.131. The predicted molar refractivity (Wildman–Crippen MR) is 93.3 cm³/mol. The molecule has 1 saturated carbocycles. The van der Waals surface area contributed by atoms with Crippen molar-refractivity contribution in [3.05, 3.63) is 59.7 Å². The normalized spacial score (nSPS) is 13.4. The average Bonchev–Trinajstić information content (AvgIpc) is 3.45. The molecule has 0 aliphatic heterocycles. The van der Waals surface area contributed by atoms with E-state index in [4.69, 9.17) is 9.47 Å². The van der Waals surface area contributed by atoms with Crippen molar-refractivity contribution in [2.75, 3.05) is 14.2 Å². The third-order valence-electron chi connectivity index (χ3n) is 4.31. The van der Waals surface area contributed by atoms with Gasteiger partial charge in [-0.05, 0) is 48.2 Å². The highest BCUT2D eigenvalue weighted by Gasteiger charge is 2.32. The molecule has 4 nitrogen and oxygen atoms in total. The Morgan fingerprint density at radius 2 is 1.71 bits per heavy atom. The van der Waals surface area contributed by atoms with E-state index in [9.17, 15) is 4.79 Å². The van der Waals surface area contributed by atoms with E-state index in [1.807, 2.05) is 53.4 Å². The van der Waals surface area contributed by atoms with Gasteiger partial charge in [-0.15, -0.1) is 0 Å². The van der Waals surface area contributed by atoms with Gasteiger partial charge in [-0.25, -0.2) is 0 Å². The zero-order chi connectivity index (χ0) is 16.9. The summed E-state index contributed by atoms with van der Waals surface area (Å²) in [5.74, 6) is 1.79. The Kier molecular flexibility index (Phi) is 5.04. The summed E-state index contributed by atoms with van der Waals surface area (Å²) >= 11 is 0. The van der Waals surface area contributed by atoms with Crippen molar-refractivity contribution >= 4 is 5.91 Å². The Labute approximate surface area is 143 Å². The number of rotatable bonds is 7. The fourth-order valence-corrected chi connectivity index (χ4v) is 2.79. The first-order valence-electron chi connectivity index (χ1n) is 8.25. The highest BCUT2D eigenvalue weighted by atomic mass is 16.5. The van der Waals surface area contributed by atoms with Crippen molar-refractivity contribution in [1.29, 1.82) is 0 Å². The minimum atomic E-state index is 0.168. The number of amides is 1. The molecule has 1 fully saturated rings. The number of carbonyl (C=O) groups excluding carboxylic acids is 1. The third-order valence-corrected chi connectivity index (χ3v) is 4.31. The van der Waals surface area contributed by atoms with E-state index < -0.39 is 0 Å². The van der Waals surface area contributed by atoms with Crippen molar-refractivity contribution < 1.29 is 14.3 Å². The second kappa shape index (κ2) is 7.39. The van der Waals surface area contributed by atoms with Crippen molar-refractivity contribution in [1.82, 2.24) is 4.90 Å². The fraction of sp³-hybridized carbons (Fsp3) is 0.350. The molecule has 4 heteroatoms. The average molecular weight is 325 g/mol. The van der Waals surface area contributed by atoms with Crippen LogP contribution in [0.3, 0.4) is 0 Å². The van der Waals surface area contributed by atoms with Crippen LogP contribution in [0.5, 0.6) is 11.5 Å². The second-order valence-corrected chi connectivity index (χ2v) is 6.13. The predicted octanol–water partition coefficient (Wildman–Crippen LogP) is 3.44. The number of ether oxygens (including phenoxy) is 2. The van der Waals surface area contributed by atoms with Crippen LogP contribution in [0, 0.1) is 0 Å². The Hall–Kier alpha value is -2.49. The van der Waals surface area contributed by atoms with Gasteiger partial charge in [0.2, 0.25) is 5.91 Å². The first kappa shape index (κ1) is 16.4. The summed E-state index contributed by atoms with van der Waals surface area (Å²) in [7, 11) is 3.30. The van der Waals surface area contributed by atoms with Crippen LogP contribution in [0.2, 0.25) is 0 Å². The molecule has 0 aromatic heterocycles. The molecule has 2 aromatic rings. The highest BCUT2D eigenvalue weighted by molar-refractivity contribution is 5.79. The molecule has 126 valence electrons. The summed E-state index contributed by atoms with van der Waals surface area (Å²) in [5.41, 5.74) is 2.11. The fourth-order valence-electron chi connectivity index (χ4n) is 2.79. The van der Waals surface area contributed by atoms with Gasteiger partial charge in [-0.2, -0.15) is 0 Å². The summed E-state index contributed by atoms with van der Waals surface area (Å²) in [6, 6.07) is 16.0. The molecule has 0 unspecified atom stereocenters. The van der Waals surface area contributed by atoms with Gasteiger partial charge in [-0.1, -0.05) is 24.3 Å². The van der Waals surface area contributed by atoms with Crippen LogP contribution in [-0.2, 0) is 17.8 Å². The molecule has 0 radical (unpaired) electrons. The molecule has 1 aliphatic rings. The first-order chi connectivity index (χ1) is 11.7. The Morgan fingerprint density at radius 1 is 1.00 bits per heavy atom. The van der Waals surface area contributed by atoms with Crippen LogP contribution in [0.15, 0.2) is 48.5 Å². The second-order valence-electron chi connectivity index (χ2n) is 6.13. The summed E-state index contributed by atoms with van der Waals surface area (Å²) < 4.78 is 10.4. The maximum Gasteiger partial charge on any atom is 0.227 e. The van der Waals surface area contributed by atoms with Crippen LogP contribution in [-0.4, -0.2) is 31.1 Å². The van der Waals surface area contributed by atoms with Gasteiger partial charge >= 0.3 is 0 Å². The van der Waals surface area contributed by atoms with Crippen LogP contribution >= 0.6 is 0 Å². The minimum Gasteiger partial charge on any atom is -0.497 e. The summed E-state index contributed by atoms with van der Waals surface area (Å²) in [6.07, 6.45) is 2.60. The number of carbonyl (C=O) groups is 1. The molecule has 0 saturated heterocycles. The van der Waals surface area contributed by atoms with E-state index >= 15 is 0 Å². The molecular weight excluding hydrogens is 302 g/mol. The van der Waals surface area contributed by atoms with Crippen LogP contribution in [0.1, 0.15) is 24.0 Å². The molecule has 1 amide bonds. The molecule has 1 aliphatic carbocycles. The Balaban J connectivity index is 1.69. The maximum absolute atomic E-state index is 12.8. The number of nitrogens with zero attached hydrogens (tertiary/aromatic N) is 1. The lowest BCUT2D eigenvalue weighted by atomic mass is 10.1. The lowest BCUT2D eigenvalue weighted by Crippen LogP contribution is -2.33. The summed E-state index contributed by atoms with van der Waals surface area (Å²) in [4.78, 5) is 14.8. The largest absolute Gasteiger partial charge is 0.497 e. The smallest absolute Gasteiger partial charge is 0.227 e. The monoisotopic (exact) mass is 325 g/mol. The van der Waals surface area contributed by atoms with E-state index in [2.05, 4.69) is 0 Å². The van der Waals surface area contributed by atoms with Gasteiger partial charge in [0.15, 0.2) is 0 Å². The van der Waals surface area contributed by atoms with Gasteiger partial charge in [-0.3, -0.25) is 4.79 Å². The highest BCUT2D eigenvalue weighted by Crippen LogP contribution is 2.29. The van der Waals surface area contributed by atoms with Gasteiger partial charge in [0.25, 0.3) is 0 Å². The van der Waals surface area contributed by atoms with Crippen molar-refractivity contribution in [2.24, 2.45) is 0 Å². The molecule has 2 aromatic carbocycles. The quantitative estimate of drug-likeness (QED) is 0.783. The Bertz CT molecular complexity index is 692. The molecular formula is C20H23NO3. The zero-order valence-electron chi connectivity index (χ0n) is 14.2. The summed E-state index contributed by atoms with van der Waals surface area (Å²) in [6.45, 7) is 0.650. The number of hydrogen-bond donors (Lipinski definition) is 0. The van der Waals surface area contributed by atoms with Crippen LogP contribution in [0.25, 0.3) is 0 Å². The van der Waals surface area contributed by atoms with Crippen LogP contribution < -0.4 is 9.47 Å².